The number of carbonyl (C=O) groups excluding carboxylic acids is 2. The molecular weight excluding hydrogens is 254 g/mol. The fourth-order valence-corrected chi connectivity index (χ4v) is 2.04. The summed E-state index contributed by atoms with van der Waals surface area (Å²) in [6.07, 6.45) is -0.795. The zero-order valence-corrected chi connectivity index (χ0v) is 11.8. The number of fused-ring (bicyclic) bond motifs is 1. The highest BCUT2D eigenvalue weighted by atomic mass is 16.5. The molecule has 4 nitrogen and oxygen atoms in total. The van der Waals surface area contributed by atoms with E-state index in [9.17, 15) is 9.59 Å². The number of hydrogen-bond donors (Lipinski definition) is 0. The molecule has 0 aliphatic carbocycles. The molecule has 0 aliphatic rings. The Labute approximate surface area is 117 Å². The van der Waals surface area contributed by atoms with Gasteiger partial charge >= 0.3 is 5.97 Å². The monoisotopic (exact) mass is 271 g/mol. The van der Waals surface area contributed by atoms with Crippen molar-refractivity contribution in [3.05, 3.63) is 48.0 Å². The molecule has 4 heteroatoms. The molecule has 0 radical (unpaired) electrons. The molecule has 0 saturated carbocycles. The third-order valence-corrected chi connectivity index (χ3v) is 3.08. The lowest BCUT2D eigenvalue weighted by atomic mass is 10.0. The molecule has 2 rings (SSSR count). The van der Waals surface area contributed by atoms with Gasteiger partial charge in [-0.25, -0.2) is 4.79 Å². The molecule has 0 heterocycles. The third kappa shape index (κ3) is 2.79. The second-order valence-corrected chi connectivity index (χ2v) is 4.81. The highest BCUT2D eigenvalue weighted by Gasteiger charge is 2.21. The van der Waals surface area contributed by atoms with Crippen LogP contribution < -0.4 is 0 Å². The van der Waals surface area contributed by atoms with Crippen molar-refractivity contribution in [1.82, 2.24) is 4.90 Å². The molecule has 2 aromatic rings. The SMILES string of the molecule is C[C@@H](OC(=O)c1cccc2ccccc12)C(=O)N(C)C. The molecule has 20 heavy (non-hydrogen) atoms. The molecular formula is C16H17NO3. The van der Waals surface area contributed by atoms with Crippen molar-refractivity contribution >= 4 is 22.6 Å². The van der Waals surface area contributed by atoms with E-state index >= 15 is 0 Å². The normalized spacial score (nSPS) is 11.9. The fraction of sp³-hybridized carbons (Fsp3) is 0.250. The molecule has 1 amide bonds. The maximum atomic E-state index is 12.2. The second kappa shape index (κ2) is 5.74. The fourth-order valence-electron chi connectivity index (χ4n) is 2.04. The van der Waals surface area contributed by atoms with Crippen molar-refractivity contribution in [3.63, 3.8) is 0 Å². The lowest BCUT2D eigenvalue weighted by molar-refractivity contribution is -0.137. The van der Waals surface area contributed by atoms with E-state index in [4.69, 9.17) is 4.74 Å². The zero-order chi connectivity index (χ0) is 14.7. The molecule has 0 spiro atoms. The van der Waals surface area contributed by atoms with E-state index in [0.29, 0.717) is 5.56 Å². The third-order valence-electron chi connectivity index (χ3n) is 3.08. The summed E-state index contributed by atoms with van der Waals surface area (Å²) in [6.45, 7) is 1.57. The summed E-state index contributed by atoms with van der Waals surface area (Å²) in [6, 6.07) is 13.0. The van der Waals surface area contributed by atoms with Crippen molar-refractivity contribution in [2.75, 3.05) is 14.1 Å². The minimum atomic E-state index is -0.795. The number of ether oxygens (including phenoxy) is 1. The number of nitrogens with zero attached hydrogens (tertiary/aromatic N) is 1. The summed E-state index contributed by atoms with van der Waals surface area (Å²) in [5, 5.41) is 1.79. The highest BCUT2D eigenvalue weighted by molar-refractivity contribution is 6.05. The van der Waals surface area contributed by atoms with Gasteiger partial charge in [-0.1, -0.05) is 36.4 Å². The minimum Gasteiger partial charge on any atom is -0.449 e. The molecule has 0 fully saturated rings. The summed E-state index contributed by atoms with van der Waals surface area (Å²) in [4.78, 5) is 25.3. The van der Waals surface area contributed by atoms with Crippen LogP contribution >= 0.6 is 0 Å². The van der Waals surface area contributed by atoms with Crippen LogP contribution in [0.15, 0.2) is 42.5 Å². The number of carbonyl (C=O) groups is 2. The van der Waals surface area contributed by atoms with Gasteiger partial charge in [0.1, 0.15) is 0 Å². The Bertz CT molecular complexity index is 644. The van der Waals surface area contributed by atoms with E-state index in [1.165, 1.54) is 4.90 Å². The highest BCUT2D eigenvalue weighted by Crippen LogP contribution is 2.19. The predicted molar refractivity (Wildman–Crippen MR) is 77.5 cm³/mol. The topological polar surface area (TPSA) is 46.6 Å². The quantitative estimate of drug-likeness (QED) is 0.806. The van der Waals surface area contributed by atoms with Crippen LogP contribution in [0.25, 0.3) is 10.8 Å². The molecule has 0 unspecified atom stereocenters. The number of likely N-dealkylation sites (N-methyl/N-ethyl adjacent to an activating group) is 1. The molecule has 2 aromatic carbocycles. The number of benzene rings is 2. The second-order valence-electron chi connectivity index (χ2n) is 4.81. The lowest BCUT2D eigenvalue weighted by Crippen LogP contribution is -2.34. The van der Waals surface area contributed by atoms with Crippen molar-refractivity contribution < 1.29 is 14.3 Å². The smallest absolute Gasteiger partial charge is 0.339 e. The van der Waals surface area contributed by atoms with Gasteiger partial charge in [-0.3, -0.25) is 4.79 Å². The van der Waals surface area contributed by atoms with Gasteiger partial charge in [-0.05, 0) is 23.8 Å². The first-order valence-corrected chi connectivity index (χ1v) is 6.40. The summed E-state index contributed by atoms with van der Waals surface area (Å²) < 4.78 is 5.24. The van der Waals surface area contributed by atoms with Gasteiger partial charge in [0, 0.05) is 14.1 Å². The number of hydrogen-bond acceptors (Lipinski definition) is 3. The number of amides is 1. The summed E-state index contributed by atoms with van der Waals surface area (Å²) in [5.74, 6) is -0.719. The Morgan fingerprint density at radius 3 is 2.40 bits per heavy atom. The molecule has 0 aromatic heterocycles. The maximum absolute atomic E-state index is 12.2. The largest absolute Gasteiger partial charge is 0.449 e. The van der Waals surface area contributed by atoms with Gasteiger partial charge in [0.15, 0.2) is 6.10 Å². The van der Waals surface area contributed by atoms with E-state index in [1.807, 2.05) is 30.3 Å². The molecule has 0 bridgehead atoms. The summed E-state index contributed by atoms with van der Waals surface area (Å²) in [5.41, 5.74) is 0.474. The average molecular weight is 271 g/mol. The Kier molecular flexibility index (Phi) is 4.03. The van der Waals surface area contributed by atoms with E-state index in [0.717, 1.165) is 10.8 Å². The zero-order valence-electron chi connectivity index (χ0n) is 11.8. The van der Waals surface area contributed by atoms with Gasteiger partial charge in [0.25, 0.3) is 5.91 Å². The van der Waals surface area contributed by atoms with Crippen molar-refractivity contribution in [3.8, 4) is 0 Å². The van der Waals surface area contributed by atoms with Gasteiger partial charge in [-0.2, -0.15) is 0 Å². The molecule has 1 atom stereocenters. The van der Waals surface area contributed by atoms with Gasteiger partial charge in [0.2, 0.25) is 0 Å². The van der Waals surface area contributed by atoms with E-state index in [-0.39, 0.29) is 5.91 Å². The first kappa shape index (κ1) is 14.1. The average Bonchev–Trinajstić information content (AvgIpc) is 2.45. The molecule has 104 valence electrons. The van der Waals surface area contributed by atoms with E-state index < -0.39 is 12.1 Å². The van der Waals surface area contributed by atoms with Crippen LogP contribution in [-0.2, 0) is 9.53 Å². The Balaban J connectivity index is 2.26. The van der Waals surface area contributed by atoms with Crippen LogP contribution in [0, 0.1) is 0 Å². The first-order valence-electron chi connectivity index (χ1n) is 6.40. The number of esters is 1. The van der Waals surface area contributed by atoms with Crippen LogP contribution in [0.2, 0.25) is 0 Å². The Morgan fingerprint density at radius 2 is 1.70 bits per heavy atom. The maximum Gasteiger partial charge on any atom is 0.339 e. The van der Waals surface area contributed by atoms with Crippen molar-refractivity contribution in [2.45, 2.75) is 13.0 Å². The van der Waals surface area contributed by atoms with Crippen LogP contribution in [0.3, 0.4) is 0 Å². The van der Waals surface area contributed by atoms with Gasteiger partial charge in [-0.15, -0.1) is 0 Å². The molecule has 0 N–H and O–H groups in total. The number of rotatable bonds is 3. The molecule has 0 aliphatic heterocycles. The minimum absolute atomic E-state index is 0.237. The molecule has 0 saturated heterocycles. The Hall–Kier alpha value is -2.36. The Morgan fingerprint density at radius 1 is 1.05 bits per heavy atom. The van der Waals surface area contributed by atoms with Gasteiger partial charge in [0.05, 0.1) is 5.56 Å². The predicted octanol–water partition coefficient (Wildman–Crippen LogP) is 2.47. The summed E-state index contributed by atoms with van der Waals surface area (Å²) in [7, 11) is 3.26. The van der Waals surface area contributed by atoms with Crippen LogP contribution in [0.4, 0.5) is 0 Å². The van der Waals surface area contributed by atoms with E-state index in [1.54, 1.807) is 33.2 Å². The van der Waals surface area contributed by atoms with Gasteiger partial charge < -0.3 is 9.64 Å². The standard InChI is InChI=1S/C16H17NO3/c1-11(15(18)17(2)3)20-16(19)14-10-6-8-12-7-4-5-9-13(12)14/h4-11H,1-3H3/t11-/m1/s1. The first-order chi connectivity index (χ1) is 9.50. The summed E-state index contributed by atoms with van der Waals surface area (Å²) >= 11 is 0. The lowest BCUT2D eigenvalue weighted by Gasteiger charge is -2.17. The van der Waals surface area contributed by atoms with Crippen LogP contribution in [-0.4, -0.2) is 37.0 Å². The van der Waals surface area contributed by atoms with Crippen molar-refractivity contribution in [1.29, 1.82) is 0 Å². The van der Waals surface area contributed by atoms with Crippen molar-refractivity contribution in [2.24, 2.45) is 0 Å². The van der Waals surface area contributed by atoms with Crippen LogP contribution in [0.1, 0.15) is 17.3 Å². The van der Waals surface area contributed by atoms with E-state index in [2.05, 4.69) is 0 Å². The van der Waals surface area contributed by atoms with Crippen LogP contribution in [0.5, 0.6) is 0 Å².